The minimum Gasteiger partial charge on any atom is -0.490 e. The minimum atomic E-state index is -0.542. The molecule has 38 heavy (non-hydrogen) atoms. The van der Waals surface area contributed by atoms with Crippen molar-refractivity contribution < 1.29 is 19.0 Å². The predicted molar refractivity (Wildman–Crippen MR) is 150 cm³/mol. The number of carbonyl (C=O) groups excluding carboxylic acids is 1. The van der Waals surface area contributed by atoms with Crippen molar-refractivity contribution in [1.82, 2.24) is 10.2 Å². The van der Waals surface area contributed by atoms with E-state index < -0.39 is 5.91 Å². The summed E-state index contributed by atoms with van der Waals surface area (Å²) in [7, 11) is 0. The zero-order valence-corrected chi connectivity index (χ0v) is 23.1. The van der Waals surface area contributed by atoms with Gasteiger partial charge in [0.2, 0.25) is 5.13 Å². The topological polar surface area (TPSA) is 106 Å². The zero-order chi connectivity index (χ0) is 27.3. The molecule has 1 aromatic heterocycles. The second-order valence-electron chi connectivity index (χ2n) is 8.59. The second-order valence-corrected chi connectivity index (χ2v) is 9.65. The molecule has 0 aliphatic carbocycles. The van der Waals surface area contributed by atoms with E-state index in [0.717, 1.165) is 30.0 Å². The molecule has 9 heteroatoms. The van der Waals surface area contributed by atoms with E-state index in [2.05, 4.69) is 41.5 Å². The third kappa shape index (κ3) is 8.32. The number of nitriles is 1. The molecule has 0 spiro atoms. The van der Waals surface area contributed by atoms with Crippen LogP contribution in [0.3, 0.4) is 0 Å². The maximum absolute atomic E-state index is 12.6. The lowest BCUT2D eigenvalue weighted by molar-refractivity contribution is -0.112. The Hall–Kier alpha value is -3.90. The van der Waals surface area contributed by atoms with Gasteiger partial charge in [-0.15, -0.1) is 10.2 Å². The van der Waals surface area contributed by atoms with Gasteiger partial charge in [-0.1, -0.05) is 50.3 Å². The van der Waals surface area contributed by atoms with Crippen LogP contribution in [0.1, 0.15) is 62.6 Å². The molecule has 1 atom stereocenters. The Bertz CT molecular complexity index is 1260. The van der Waals surface area contributed by atoms with Gasteiger partial charge in [0, 0.05) is 6.42 Å². The molecule has 1 N–H and O–H groups in total. The maximum atomic E-state index is 12.6. The zero-order valence-electron chi connectivity index (χ0n) is 22.3. The molecule has 3 rings (SSSR count). The first kappa shape index (κ1) is 28.7. The van der Waals surface area contributed by atoms with E-state index in [-0.39, 0.29) is 5.57 Å². The Morgan fingerprint density at radius 3 is 2.50 bits per heavy atom. The fraction of sp³-hybridized carbons (Fsp3) is 0.379. The molecule has 0 aliphatic rings. The van der Waals surface area contributed by atoms with Crippen molar-refractivity contribution in [2.75, 3.05) is 25.1 Å². The first-order valence-corrected chi connectivity index (χ1v) is 13.7. The van der Waals surface area contributed by atoms with Crippen LogP contribution >= 0.6 is 11.3 Å². The number of aromatic nitrogens is 2. The summed E-state index contributed by atoms with van der Waals surface area (Å²) in [5, 5.41) is 21.4. The highest BCUT2D eigenvalue weighted by atomic mass is 32.1. The standard InChI is InChI=1S/C29H34N4O4S/c1-5-8-27-32-33-29(38-27)31-28(34)23(19-30)17-21-9-14-25(26(18-21)35-7-3)37-16-15-36-24-12-10-22(11-13-24)20(4)6-2/h9-14,17-18,20H,5-8,15-16H2,1-4H3,(H,31,33,34). The number of amides is 1. The van der Waals surface area contributed by atoms with Crippen molar-refractivity contribution in [3.05, 3.63) is 64.2 Å². The highest BCUT2D eigenvalue weighted by Crippen LogP contribution is 2.30. The molecule has 1 amide bonds. The number of hydrogen-bond donors (Lipinski definition) is 1. The predicted octanol–water partition coefficient (Wildman–Crippen LogP) is 6.41. The molecule has 0 radical (unpaired) electrons. The molecule has 0 saturated carbocycles. The average Bonchev–Trinajstić information content (AvgIpc) is 3.37. The van der Waals surface area contributed by atoms with Gasteiger partial charge in [0.1, 0.15) is 35.6 Å². The first-order valence-electron chi connectivity index (χ1n) is 12.8. The Balaban J connectivity index is 1.61. The lowest BCUT2D eigenvalue weighted by atomic mass is 9.99. The van der Waals surface area contributed by atoms with Crippen LogP contribution in [0.5, 0.6) is 17.2 Å². The van der Waals surface area contributed by atoms with Gasteiger partial charge in [-0.25, -0.2) is 0 Å². The molecule has 0 bridgehead atoms. The number of aryl methyl sites for hydroxylation is 1. The van der Waals surface area contributed by atoms with E-state index in [0.29, 0.717) is 47.9 Å². The number of carbonyl (C=O) groups is 1. The van der Waals surface area contributed by atoms with Gasteiger partial charge in [0.05, 0.1) is 6.61 Å². The number of nitrogens with zero attached hydrogens (tertiary/aromatic N) is 3. The first-order chi connectivity index (χ1) is 18.5. The monoisotopic (exact) mass is 534 g/mol. The number of hydrogen-bond acceptors (Lipinski definition) is 8. The van der Waals surface area contributed by atoms with Crippen LogP contribution < -0.4 is 19.5 Å². The van der Waals surface area contributed by atoms with Gasteiger partial charge in [-0.3, -0.25) is 10.1 Å². The van der Waals surface area contributed by atoms with E-state index in [4.69, 9.17) is 14.2 Å². The molecule has 0 aliphatic heterocycles. The molecular formula is C29H34N4O4S. The summed E-state index contributed by atoms with van der Waals surface area (Å²) in [6.07, 6.45) is 4.33. The number of rotatable bonds is 14. The van der Waals surface area contributed by atoms with Crippen LogP contribution in [-0.2, 0) is 11.2 Å². The highest BCUT2D eigenvalue weighted by Gasteiger charge is 2.14. The van der Waals surface area contributed by atoms with E-state index in [1.807, 2.05) is 32.0 Å². The van der Waals surface area contributed by atoms with Gasteiger partial charge in [-0.2, -0.15) is 5.26 Å². The van der Waals surface area contributed by atoms with Crippen LogP contribution in [0.15, 0.2) is 48.0 Å². The average molecular weight is 535 g/mol. The Morgan fingerprint density at radius 1 is 1.05 bits per heavy atom. The molecule has 2 aromatic carbocycles. The number of ether oxygens (including phenoxy) is 3. The normalized spacial score (nSPS) is 11.9. The molecule has 1 heterocycles. The number of nitrogens with one attached hydrogen (secondary N) is 1. The Morgan fingerprint density at radius 2 is 1.82 bits per heavy atom. The highest BCUT2D eigenvalue weighted by molar-refractivity contribution is 7.15. The van der Waals surface area contributed by atoms with Gasteiger partial charge < -0.3 is 14.2 Å². The number of anilines is 1. The summed E-state index contributed by atoms with van der Waals surface area (Å²) in [6.45, 7) is 9.45. The third-order valence-electron chi connectivity index (χ3n) is 5.77. The number of benzene rings is 2. The summed E-state index contributed by atoms with van der Waals surface area (Å²) in [5.41, 5.74) is 1.88. The summed E-state index contributed by atoms with van der Waals surface area (Å²) in [6, 6.07) is 15.4. The second kappa shape index (κ2) is 14.7. The summed E-state index contributed by atoms with van der Waals surface area (Å²) < 4.78 is 17.5. The van der Waals surface area contributed by atoms with Gasteiger partial charge >= 0.3 is 0 Å². The van der Waals surface area contributed by atoms with Crippen molar-refractivity contribution in [2.45, 2.75) is 52.9 Å². The fourth-order valence-corrected chi connectivity index (χ4v) is 4.38. The molecule has 0 saturated heterocycles. The van der Waals surface area contributed by atoms with E-state index in [9.17, 15) is 10.1 Å². The van der Waals surface area contributed by atoms with Crippen LogP contribution in [0.2, 0.25) is 0 Å². The van der Waals surface area contributed by atoms with E-state index in [1.165, 1.54) is 23.0 Å². The smallest absolute Gasteiger partial charge is 0.268 e. The van der Waals surface area contributed by atoms with E-state index >= 15 is 0 Å². The van der Waals surface area contributed by atoms with Gasteiger partial charge in [-0.05, 0) is 67.2 Å². The van der Waals surface area contributed by atoms with Crippen molar-refractivity contribution >= 4 is 28.5 Å². The molecule has 3 aromatic rings. The maximum Gasteiger partial charge on any atom is 0.268 e. The SMILES string of the molecule is CCCc1nnc(NC(=O)C(C#N)=Cc2ccc(OCCOc3ccc(C(C)CC)cc3)c(OCC)c2)s1. The van der Waals surface area contributed by atoms with E-state index in [1.54, 1.807) is 18.2 Å². The largest absolute Gasteiger partial charge is 0.490 e. The van der Waals surface area contributed by atoms with Crippen molar-refractivity contribution in [3.63, 3.8) is 0 Å². The molecule has 0 fully saturated rings. The lowest BCUT2D eigenvalue weighted by Gasteiger charge is -2.14. The van der Waals surface area contributed by atoms with Gasteiger partial charge in [0.15, 0.2) is 11.5 Å². The third-order valence-corrected chi connectivity index (χ3v) is 6.66. The molecule has 1 unspecified atom stereocenters. The summed E-state index contributed by atoms with van der Waals surface area (Å²) >= 11 is 1.30. The Labute approximate surface area is 228 Å². The molecule has 200 valence electrons. The minimum absolute atomic E-state index is 0.0545. The van der Waals surface area contributed by atoms with Crippen LogP contribution in [0, 0.1) is 11.3 Å². The van der Waals surface area contributed by atoms with Crippen LogP contribution in [0.25, 0.3) is 6.08 Å². The van der Waals surface area contributed by atoms with Crippen LogP contribution in [0.4, 0.5) is 5.13 Å². The van der Waals surface area contributed by atoms with Crippen molar-refractivity contribution in [3.8, 4) is 23.3 Å². The molecule has 8 nitrogen and oxygen atoms in total. The van der Waals surface area contributed by atoms with Gasteiger partial charge in [0.25, 0.3) is 5.91 Å². The Kier molecular flexibility index (Phi) is 11.1. The quantitative estimate of drug-likeness (QED) is 0.145. The summed E-state index contributed by atoms with van der Waals surface area (Å²) in [5.74, 6) is 1.85. The summed E-state index contributed by atoms with van der Waals surface area (Å²) in [4.78, 5) is 12.6. The van der Waals surface area contributed by atoms with Crippen molar-refractivity contribution in [2.24, 2.45) is 0 Å². The van der Waals surface area contributed by atoms with Crippen molar-refractivity contribution in [1.29, 1.82) is 5.26 Å². The fourth-order valence-electron chi connectivity index (χ4n) is 3.54. The van der Waals surface area contributed by atoms with Crippen LogP contribution in [-0.4, -0.2) is 35.9 Å². The lowest BCUT2D eigenvalue weighted by Crippen LogP contribution is -2.13. The molecular weight excluding hydrogens is 500 g/mol.